The molecule has 0 radical (unpaired) electrons. The lowest BCUT2D eigenvalue weighted by Crippen LogP contribution is -2.13. The molecule has 9 nitrogen and oxygen atoms in total. The Labute approximate surface area is 169 Å². The second kappa shape index (κ2) is 7.21. The molecule has 9 heteroatoms. The summed E-state index contributed by atoms with van der Waals surface area (Å²) in [4.78, 5) is 21.4. The average Bonchev–Trinajstić information content (AvgIpc) is 3.53. The number of rotatable bonds is 5. The first-order valence-electron chi connectivity index (χ1n) is 9.01. The number of aromatic nitrogens is 4. The molecule has 5 rings (SSSR count). The highest BCUT2D eigenvalue weighted by Gasteiger charge is 2.18. The first-order chi connectivity index (χ1) is 14.7. The van der Waals surface area contributed by atoms with E-state index in [2.05, 4.69) is 20.4 Å². The maximum absolute atomic E-state index is 12.7. The van der Waals surface area contributed by atoms with Gasteiger partial charge in [0.05, 0.1) is 24.8 Å². The van der Waals surface area contributed by atoms with Gasteiger partial charge in [0.15, 0.2) is 11.5 Å². The van der Waals surface area contributed by atoms with Crippen molar-refractivity contribution in [1.82, 2.24) is 19.5 Å². The number of carbonyl (C=O) groups excluding carboxylic acids is 1. The van der Waals surface area contributed by atoms with Crippen molar-refractivity contribution in [2.24, 2.45) is 0 Å². The van der Waals surface area contributed by atoms with Crippen molar-refractivity contribution in [2.45, 2.75) is 0 Å². The molecule has 4 heterocycles. The van der Waals surface area contributed by atoms with E-state index in [9.17, 15) is 4.79 Å². The minimum absolute atomic E-state index is 0.116. The molecular formula is C21H15N5O4. The Kier molecular flexibility index (Phi) is 4.25. The topological polar surface area (TPSA) is 108 Å². The third-order valence-electron chi connectivity index (χ3n) is 4.49. The zero-order chi connectivity index (χ0) is 20.5. The number of furan rings is 1. The van der Waals surface area contributed by atoms with E-state index >= 15 is 0 Å². The molecule has 4 aromatic heterocycles. The minimum atomic E-state index is -0.441. The number of nitrogens with zero attached hydrogens (tertiary/aromatic N) is 4. The summed E-state index contributed by atoms with van der Waals surface area (Å²) in [5, 5.41) is 6.63. The van der Waals surface area contributed by atoms with Crippen molar-refractivity contribution < 1.29 is 18.5 Å². The van der Waals surface area contributed by atoms with Crippen LogP contribution in [0.3, 0.4) is 0 Å². The molecule has 0 aliphatic rings. The van der Waals surface area contributed by atoms with Gasteiger partial charge in [-0.25, -0.2) is 9.97 Å². The lowest BCUT2D eigenvalue weighted by Gasteiger charge is -2.10. The van der Waals surface area contributed by atoms with Gasteiger partial charge in [0.2, 0.25) is 11.5 Å². The monoisotopic (exact) mass is 401 g/mol. The van der Waals surface area contributed by atoms with Crippen LogP contribution in [0, 0.1) is 0 Å². The van der Waals surface area contributed by atoms with E-state index in [4.69, 9.17) is 13.7 Å². The smallest absolute Gasteiger partial charge is 0.277 e. The second-order valence-corrected chi connectivity index (χ2v) is 6.38. The lowest BCUT2D eigenvalue weighted by atomic mass is 10.1. The van der Waals surface area contributed by atoms with Gasteiger partial charge in [-0.2, -0.15) is 0 Å². The average molecular weight is 401 g/mol. The SMILES string of the molecule is COc1ccc(-c2cn3cccnc3n2)cc1NC(=O)c1cc(-c2ccco2)on1. The van der Waals surface area contributed by atoms with Gasteiger partial charge in [0.25, 0.3) is 5.91 Å². The van der Waals surface area contributed by atoms with Crippen LogP contribution < -0.4 is 10.1 Å². The molecule has 148 valence electrons. The molecule has 1 aromatic carbocycles. The molecule has 1 amide bonds. The normalized spacial score (nSPS) is 11.0. The predicted octanol–water partition coefficient (Wildman–Crippen LogP) is 3.91. The van der Waals surface area contributed by atoms with Crippen molar-refractivity contribution in [3.05, 3.63) is 73.0 Å². The molecule has 0 bridgehead atoms. The summed E-state index contributed by atoms with van der Waals surface area (Å²) in [6.45, 7) is 0. The number of fused-ring (bicyclic) bond motifs is 1. The lowest BCUT2D eigenvalue weighted by molar-refractivity contribution is 0.101. The Morgan fingerprint density at radius 2 is 2.10 bits per heavy atom. The fraction of sp³-hybridized carbons (Fsp3) is 0.0476. The molecule has 0 saturated carbocycles. The van der Waals surface area contributed by atoms with E-state index in [0.717, 1.165) is 5.56 Å². The van der Waals surface area contributed by atoms with Crippen molar-refractivity contribution >= 4 is 17.4 Å². The summed E-state index contributed by atoms with van der Waals surface area (Å²) >= 11 is 0. The molecule has 0 unspecified atom stereocenters. The molecule has 30 heavy (non-hydrogen) atoms. The Balaban J connectivity index is 1.44. The van der Waals surface area contributed by atoms with E-state index in [1.54, 1.807) is 30.5 Å². The summed E-state index contributed by atoms with van der Waals surface area (Å²) in [6.07, 6.45) is 6.93. The Bertz CT molecular complexity index is 1300. The van der Waals surface area contributed by atoms with E-state index in [1.807, 2.05) is 28.9 Å². The predicted molar refractivity (Wildman–Crippen MR) is 107 cm³/mol. The first kappa shape index (κ1) is 17.7. The number of anilines is 1. The molecule has 0 spiro atoms. The highest BCUT2D eigenvalue weighted by Crippen LogP contribution is 2.31. The summed E-state index contributed by atoms with van der Waals surface area (Å²) in [5.41, 5.74) is 2.11. The van der Waals surface area contributed by atoms with Crippen LogP contribution in [0.2, 0.25) is 0 Å². The molecule has 0 aliphatic carbocycles. The van der Waals surface area contributed by atoms with Gasteiger partial charge in [0, 0.05) is 30.2 Å². The van der Waals surface area contributed by atoms with Gasteiger partial charge in [-0.3, -0.25) is 9.20 Å². The fourth-order valence-corrected chi connectivity index (χ4v) is 3.04. The zero-order valence-corrected chi connectivity index (χ0v) is 15.8. The highest BCUT2D eigenvalue weighted by atomic mass is 16.5. The van der Waals surface area contributed by atoms with Crippen LogP contribution in [0.4, 0.5) is 5.69 Å². The molecular weight excluding hydrogens is 386 g/mol. The van der Waals surface area contributed by atoms with Crippen LogP contribution >= 0.6 is 0 Å². The van der Waals surface area contributed by atoms with E-state index in [-0.39, 0.29) is 5.69 Å². The number of nitrogens with one attached hydrogen (secondary N) is 1. The molecule has 1 N–H and O–H groups in total. The minimum Gasteiger partial charge on any atom is -0.495 e. The van der Waals surface area contributed by atoms with Crippen molar-refractivity contribution in [1.29, 1.82) is 0 Å². The van der Waals surface area contributed by atoms with Gasteiger partial charge >= 0.3 is 0 Å². The van der Waals surface area contributed by atoms with Gasteiger partial charge in [0.1, 0.15) is 5.75 Å². The Morgan fingerprint density at radius 1 is 1.17 bits per heavy atom. The summed E-state index contributed by atoms with van der Waals surface area (Å²) in [7, 11) is 1.53. The van der Waals surface area contributed by atoms with Crippen molar-refractivity contribution in [3.8, 4) is 28.5 Å². The van der Waals surface area contributed by atoms with Crippen LogP contribution in [0.15, 0.2) is 76.3 Å². The van der Waals surface area contributed by atoms with E-state index < -0.39 is 5.91 Å². The van der Waals surface area contributed by atoms with Crippen LogP contribution in [0.25, 0.3) is 28.6 Å². The molecule has 0 atom stereocenters. The summed E-state index contributed by atoms with van der Waals surface area (Å²) in [6, 6.07) is 12.2. The molecule has 0 saturated heterocycles. The van der Waals surface area contributed by atoms with Gasteiger partial charge < -0.3 is 19.0 Å². The number of hydrogen-bond acceptors (Lipinski definition) is 7. The summed E-state index contributed by atoms with van der Waals surface area (Å²) in [5.74, 6) is 1.50. The Hall–Kier alpha value is -4.40. The number of methoxy groups -OCH3 is 1. The first-order valence-corrected chi connectivity index (χ1v) is 9.01. The number of carbonyl (C=O) groups is 1. The third-order valence-corrected chi connectivity index (χ3v) is 4.49. The largest absolute Gasteiger partial charge is 0.495 e. The van der Waals surface area contributed by atoms with Gasteiger partial charge in [-0.15, -0.1) is 0 Å². The fourth-order valence-electron chi connectivity index (χ4n) is 3.04. The summed E-state index contributed by atoms with van der Waals surface area (Å²) < 4.78 is 17.7. The molecule has 5 aromatic rings. The standard InChI is InChI=1S/C21H15N5O4/c1-28-17-6-5-13(16-12-26-8-3-7-22-21(26)24-16)10-14(17)23-20(27)15-11-19(30-25-15)18-4-2-9-29-18/h2-12H,1H3,(H,23,27). The third kappa shape index (κ3) is 3.18. The Morgan fingerprint density at radius 3 is 2.90 bits per heavy atom. The highest BCUT2D eigenvalue weighted by molar-refractivity contribution is 6.04. The van der Waals surface area contributed by atoms with Gasteiger partial charge in [-0.1, -0.05) is 5.16 Å². The van der Waals surface area contributed by atoms with Crippen LogP contribution in [0.1, 0.15) is 10.5 Å². The zero-order valence-electron chi connectivity index (χ0n) is 15.8. The van der Waals surface area contributed by atoms with E-state index in [1.165, 1.54) is 19.4 Å². The number of imidazole rings is 1. The van der Waals surface area contributed by atoms with Crippen molar-refractivity contribution in [2.75, 3.05) is 12.4 Å². The number of benzene rings is 1. The van der Waals surface area contributed by atoms with E-state index in [0.29, 0.717) is 34.4 Å². The second-order valence-electron chi connectivity index (χ2n) is 6.38. The maximum Gasteiger partial charge on any atom is 0.277 e. The number of ether oxygens (including phenoxy) is 1. The maximum atomic E-state index is 12.7. The molecule has 0 fully saturated rings. The quantitative estimate of drug-likeness (QED) is 0.476. The number of amides is 1. The van der Waals surface area contributed by atoms with Crippen LogP contribution in [-0.4, -0.2) is 32.5 Å². The van der Waals surface area contributed by atoms with Crippen LogP contribution in [-0.2, 0) is 0 Å². The molecule has 0 aliphatic heterocycles. The van der Waals surface area contributed by atoms with Crippen molar-refractivity contribution in [3.63, 3.8) is 0 Å². The van der Waals surface area contributed by atoms with Gasteiger partial charge in [-0.05, 0) is 36.4 Å². The van der Waals surface area contributed by atoms with Crippen LogP contribution in [0.5, 0.6) is 5.75 Å². The number of hydrogen-bond donors (Lipinski definition) is 1.